The maximum Gasteiger partial charge on any atom is 0.180 e. The highest BCUT2D eigenvalue weighted by atomic mass is 32.1. The quantitative estimate of drug-likeness (QED) is 0.944. The fourth-order valence-corrected chi connectivity index (χ4v) is 3.25. The molecule has 1 aromatic carbocycles. The number of halogens is 1. The van der Waals surface area contributed by atoms with E-state index in [-0.39, 0.29) is 5.82 Å². The van der Waals surface area contributed by atoms with E-state index in [2.05, 4.69) is 9.88 Å². The molecule has 20 heavy (non-hydrogen) atoms. The predicted octanol–water partition coefficient (Wildman–Crippen LogP) is 2.43. The first kappa shape index (κ1) is 13.3. The third-order valence-electron chi connectivity index (χ3n) is 3.52. The molecule has 3 rings (SSSR count). The normalized spacial score (nSPS) is 15.1. The van der Waals surface area contributed by atoms with Crippen LogP contribution in [0.2, 0.25) is 0 Å². The summed E-state index contributed by atoms with van der Waals surface area (Å²) in [5.74, 6) is 0.0302. The lowest BCUT2D eigenvalue weighted by Crippen LogP contribution is -2.29. The number of benzene rings is 1. The molecule has 4 nitrogen and oxygen atoms in total. The van der Waals surface area contributed by atoms with Gasteiger partial charge in [-0.15, -0.1) is 11.3 Å². The molecule has 1 aromatic heterocycles. The van der Waals surface area contributed by atoms with E-state index in [0.717, 1.165) is 36.5 Å². The first-order valence-corrected chi connectivity index (χ1v) is 7.25. The van der Waals surface area contributed by atoms with Crippen LogP contribution in [0.3, 0.4) is 0 Å². The van der Waals surface area contributed by atoms with Crippen LogP contribution < -0.4 is 10.5 Å². The van der Waals surface area contributed by atoms with Crippen molar-refractivity contribution in [2.24, 2.45) is 0 Å². The molecular weight excluding hydrogens is 277 g/mol. The maximum atomic E-state index is 13.8. The van der Waals surface area contributed by atoms with Gasteiger partial charge in [0, 0.05) is 30.7 Å². The van der Waals surface area contributed by atoms with Crippen LogP contribution >= 0.6 is 11.3 Å². The fourth-order valence-electron chi connectivity index (χ4n) is 2.52. The van der Waals surface area contributed by atoms with E-state index < -0.39 is 0 Å². The number of nitrogen functional groups attached to an aromatic ring is 1. The summed E-state index contributed by atoms with van der Waals surface area (Å²) < 4.78 is 18.8. The van der Waals surface area contributed by atoms with Gasteiger partial charge in [-0.25, -0.2) is 9.37 Å². The molecule has 0 saturated carbocycles. The van der Waals surface area contributed by atoms with Crippen LogP contribution in [0.25, 0.3) is 0 Å². The van der Waals surface area contributed by atoms with Gasteiger partial charge in [0.1, 0.15) is 0 Å². The second kappa shape index (κ2) is 5.38. The van der Waals surface area contributed by atoms with Gasteiger partial charge < -0.3 is 10.5 Å². The number of rotatable bonds is 3. The van der Waals surface area contributed by atoms with Crippen LogP contribution in [0.1, 0.15) is 16.0 Å². The van der Waals surface area contributed by atoms with Crippen LogP contribution in [0.4, 0.5) is 9.52 Å². The van der Waals surface area contributed by atoms with E-state index >= 15 is 0 Å². The Morgan fingerprint density at radius 2 is 2.30 bits per heavy atom. The van der Waals surface area contributed by atoms with Gasteiger partial charge in [-0.1, -0.05) is 0 Å². The van der Waals surface area contributed by atoms with Gasteiger partial charge in [-0.3, -0.25) is 4.90 Å². The number of thiazole rings is 1. The number of methoxy groups -OCH3 is 1. The van der Waals surface area contributed by atoms with Gasteiger partial charge in [-0.2, -0.15) is 0 Å². The molecule has 0 radical (unpaired) electrons. The molecule has 2 aromatic rings. The molecule has 0 unspecified atom stereocenters. The summed E-state index contributed by atoms with van der Waals surface area (Å²) in [5, 5.41) is 0.591. The lowest BCUT2D eigenvalue weighted by atomic mass is 9.99. The zero-order valence-corrected chi connectivity index (χ0v) is 12.0. The van der Waals surface area contributed by atoms with Crippen molar-refractivity contribution in [2.45, 2.75) is 19.5 Å². The van der Waals surface area contributed by atoms with Crippen LogP contribution in [-0.4, -0.2) is 23.5 Å². The van der Waals surface area contributed by atoms with E-state index in [4.69, 9.17) is 10.5 Å². The number of aromatic nitrogens is 1. The van der Waals surface area contributed by atoms with Crippen LogP contribution in [0.15, 0.2) is 18.3 Å². The number of nitrogens with two attached hydrogens (primary N) is 1. The Morgan fingerprint density at radius 3 is 3.00 bits per heavy atom. The van der Waals surface area contributed by atoms with Crippen molar-refractivity contribution in [3.05, 3.63) is 40.2 Å². The molecule has 0 fully saturated rings. The number of hydrogen-bond acceptors (Lipinski definition) is 5. The molecule has 2 N–H and O–H groups in total. The third kappa shape index (κ3) is 2.62. The molecule has 0 atom stereocenters. The Labute approximate surface area is 121 Å². The Kier molecular flexibility index (Phi) is 3.58. The molecule has 0 bridgehead atoms. The Balaban J connectivity index is 1.76. The highest BCUT2D eigenvalue weighted by Gasteiger charge is 2.19. The monoisotopic (exact) mass is 293 g/mol. The van der Waals surface area contributed by atoms with Crippen molar-refractivity contribution in [1.29, 1.82) is 0 Å². The predicted molar refractivity (Wildman–Crippen MR) is 77.3 cm³/mol. The SMILES string of the molecule is COc1cc2c(cc1F)CN(Cc1cnc(N)s1)CC2. The summed E-state index contributed by atoms with van der Waals surface area (Å²) in [6.45, 7) is 2.50. The zero-order valence-electron chi connectivity index (χ0n) is 11.2. The second-order valence-electron chi connectivity index (χ2n) is 4.88. The standard InChI is InChI=1S/C14H16FN3OS/c1-19-13-5-9-2-3-18(7-10(9)4-12(13)15)8-11-6-17-14(16)20-11/h4-6H,2-3,7-8H2,1H3,(H2,16,17). The van der Waals surface area contributed by atoms with Crippen molar-refractivity contribution in [2.75, 3.05) is 19.4 Å². The smallest absolute Gasteiger partial charge is 0.180 e. The summed E-state index contributed by atoms with van der Waals surface area (Å²) in [5.41, 5.74) is 7.84. The first-order valence-electron chi connectivity index (χ1n) is 6.43. The minimum absolute atomic E-state index is 0.296. The van der Waals surface area contributed by atoms with E-state index in [9.17, 15) is 4.39 Å². The lowest BCUT2D eigenvalue weighted by molar-refractivity contribution is 0.246. The molecule has 0 saturated heterocycles. The van der Waals surface area contributed by atoms with Crippen LogP contribution in [0.5, 0.6) is 5.75 Å². The second-order valence-corrected chi connectivity index (χ2v) is 6.03. The maximum absolute atomic E-state index is 13.8. The summed E-state index contributed by atoms with van der Waals surface area (Å²) >= 11 is 1.50. The summed E-state index contributed by atoms with van der Waals surface area (Å²) in [4.78, 5) is 7.47. The van der Waals surface area contributed by atoms with E-state index in [1.807, 2.05) is 12.3 Å². The van der Waals surface area contributed by atoms with Gasteiger partial charge in [0.15, 0.2) is 16.7 Å². The molecule has 1 aliphatic rings. The van der Waals surface area contributed by atoms with Gasteiger partial charge in [0.05, 0.1) is 7.11 Å². The molecule has 6 heteroatoms. The van der Waals surface area contributed by atoms with Gasteiger partial charge in [0.2, 0.25) is 0 Å². The molecule has 0 spiro atoms. The van der Waals surface area contributed by atoms with Crippen molar-refractivity contribution in [1.82, 2.24) is 9.88 Å². The van der Waals surface area contributed by atoms with Crippen molar-refractivity contribution in [3.8, 4) is 5.75 Å². The topological polar surface area (TPSA) is 51.4 Å². The summed E-state index contributed by atoms with van der Waals surface area (Å²) in [6, 6.07) is 3.40. The van der Waals surface area contributed by atoms with Crippen molar-refractivity contribution < 1.29 is 9.13 Å². The zero-order chi connectivity index (χ0) is 14.1. The highest BCUT2D eigenvalue weighted by molar-refractivity contribution is 7.15. The summed E-state index contributed by atoms with van der Waals surface area (Å²) in [7, 11) is 1.49. The third-order valence-corrected chi connectivity index (χ3v) is 4.33. The lowest BCUT2D eigenvalue weighted by Gasteiger charge is -2.28. The number of fused-ring (bicyclic) bond motifs is 1. The van der Waals surface area contributed by atoms with Gasteiger partial charge >= 0.3 is 0 Å². The number of hydrogen-bond donors (Lipinski definition) is 1. The molecule has 0 aliphatic carbocycles. The minimum atomic E-state index is -0.296. The Morgan fingerprint density at radius 1 is 1.45 bits per heavy atom. The number of anilines is 1. The van der Waals surface area contributed by atoms with Crippen molar-refractivity contribution >= 4 is 16.5 Å². The Bertz CT molecular complexity index is 629. The van der Waals surface area contributed by atoms with Crippen LogP contribution in [0, 0.1) is 5.82 Å². The molecular formula is C14H16FN3OS. The van der Waals surface area contributed by atoms with E-state index in [1.54, 1.807) is 6.07 Å². The fraction of sp³-hybridized carbons (Fsp3) is 0.357. The number of ether oxygens (including phenoxy) is 1. The van der Waals surface area contributed by atoms with Gasteiger partial charge in [0.25, 0.3) is 0 Å². The van der Waals surface area contributed by atoms with Crippen LogP contribution in [-0.2, 0) is 19.5 Å². The molecule has 2 heterocycles. The minimum Gasteiger partial charge on any atom is -0.494 e. The average molecular weight is 293 g/mol. The molecule has 0 amide bonds. The molecule has 106 valence electrons. The number of nitrogens with zero attached hydrogens (tertiary/aromatic N) is 2. The summed E-state index contributed by atoms with van der Waals surface area (Å²) in [6.07, 6.45) is 2.71. The van der Waals surface area contributed by atoms with E-state index in [1.165, 1.54) is 24.0 Å². The first-order chi connectivity index (χ1) is 9.65. The molecule has 1 aliphatic heterocycles. The highest BCUT2D eigenvalue weighted by Crippen LogP contribution is 2.28. The largest absolute Gasteiger partial charge is 0.494 e. The Hall–Kier alpha value is -1.66. The average Bonchev–Trinajstić information content (AvgIpc) is 2.83. The van der Waals surface area contributed by atoms with Gasteiger partial charge in [-0.05, 0) is 29.7 Å². The van der Waals surface area contributed by atoms with Crippen molar-refractivity contribution in [3.63, 3.8) is 0 Å². The van der Waals surface area contributed by atoms with E-state index in [0.29, 0.717) is 10.9 Å².